The SMILES string of the molecule is CC(=O)c1c[nH]c2c(-c3cccc(O)c3)cccc12. The lowest BCUT2D eigenvalue weighted by Crippen LogP contribution is -1.88. The van der Waals surface area contributed by atoms with Crippen molar-refractivity contribution in [2.75, 3.05) is 0 Å². The summed E-state index contributed by atoms with van der Waals surface area (Å²) in [5.74, 6) is 0.271. The van der Waals surface area contributed by atoms with Crippen molar-refractivity contribution in [3.05, 3.63) is 54.2 Å². The quantitative estimate of drug-likeness (QED) is 0.681. The Hall–Kier alpha value is -2.55. The Bertz CT molecular complexity index is 771. The van der Waals surface area contributed by atoms with Gasteiger partial charge in [0.15, 0.2) is 5.78 Å². The van der Waals surface area contributed by atoms with Crippen LogP contribution in [0.5, 0.6) is 5.75 Å². The molecule has 3 heteroatoms. The van der Waals surface area contributed by atoms with Crippen LogP contribution in [0.15, 0.2) is 48.7 Å². The van der Waals surface area contributed by atoms with Crippen molar-refractivity contribution in [1.29, 1.82) is 0 Å². The monoisotopic (exact) mass is 251 g/mol. The molecule has 2 aromatic carbocycles. The van der Waals surface area contributed by atoms with Crippen LogP contribution in [0.4, 0.5) is 0 Å². The first-order valence-electron chi connectivity index (χ1n) is 6.07. The van der Waals surface area contributed by atoms with E-state index in [0.29, 0.717) is 5.56 Å². The molecule has 0 spiro atoms. The van der Waals surface area contributed by atoms with Gasteiger partial charge in [-0.05, 0) is 24.6 Å². The van der Waals surface area contributed by atoms with E-state index < -0.39 is 0 Å². The maximum atomic E-state index is 11.6. The van der Waals surface area contributed by atoms with Gasteiger partial charge in [0.1, 0.15) is 5.75 Å². The van der Waals surface area contributed by atoms with Crippen molar-refractivity contribution in [3.63, 3.8) is 0 Å². The molecule has 1 heterocycles. The van der Waals surface area contributed by atoms with Gasteiger partial charge in [0.25, 0.3) is 0 Å². The van der Waals surface area contributed by atoms with Crippen LogP contribution in [0.25, 0.3) is 22.0 Å². The summed E-state index contributed by atoms with van der Waals surface area (Å²) in [5, 5.41) is 10.5. The van der Waals surface area contributed by atoms with Crippen LogP contribution in [0.2, 0.25) is 0 Å². The van der Waals surface area contributed by atoms with Crippen LogP contribution in [0, 0.1) is 0 Å². The van der Waals surface area contributed by atoms with Crippen molar-refractivity contribution in [3.8, 4) is 16.9 Å². The van der Waals surface area contributed by atoms with Crippen LogP contribution >= 0.6 is 0 Å². The zero-order chi connectivity index (χ0) is 13.4. The Balaban J connectivity index is 2.28. The van der Waals surface area contributed by atoms with Gasteiger partial charge in [-0.1, -0.05) is 30.3 Å². The van der Waals surface area contributed by atoms with Gasteiger partial charge in [-0.25, -0.2) is 0 Å². The van der Waals surface area contributed by atoms with E-state index in [1.807, 2.05) is 24.3 Å². The first-order valence-corrected chi connectivity index (χ1v) is 6.07. The minimum absolute atomic E-state index is 0.0410. The molecule has 3 nitrogen and oxygen atoms in total. The molecule has 0 bridgehead atoms. The Labute approximate surface area is 110 Å². The number of hydrogen-bond acceptors (Lipinski definition) is 2. The summed E-state index contributed by atoms with van der Waals surface area (Å²) >= 11 is 0. The van der Waals surface area contributed by atoms with E-state index in [4.69, 9.17) is 0 Å². The van der Waals surface area contributed by atoms with Crippen molar-refractivity contribution >= 4 is 16.7 Å². The van der Waals surface area contributed by atoms with Gasteiger partial charge < -0.3 is 10.1 Å². The van der Waals surface area contributed by atoms with E-state index in [-0.39, 0.29) is 11.5 Å². The molecule has 0 amide bonds. The maximum absolute atomic E-state index is 11.6. The molecular weight excluding hydrogens is 238 g/mol. The number of carbonyl (C=O) groups excluding carboxylic acids is 1. The van der Waals surface area contributed by atoms with E-state index in [1.165, 1.54) is 0 Å². The predicted octanol–water partition coefficient (Wildman–Crippen LogP) is 3.74. The second kappa shape index (κ2) is 4.28. The number of hydrogen-bond donors (Lipinski definition) is 2. The zero-order valence-corrected chi connectivity index (χ0v) is 10.5. The highest BCUT2D eigenvalue weighted by molar-refractivity contribution is 6.09. The Kier molecular flexibility index (Phi) is 2.60. The summed E-state index contributed by atoms with van der Waals surface area (Å²) in [6.07, 6.45) is 1.74. The molecule has 1 aromatic heterocycles. The van der Waals surface area contributed by atoms with Gasteiger partial charge in [-0.2, -0.15) is 0 Å². The first kappa shape index (κ1) is 11.5. The number of fused-ring (bicyclic) bond motifs is 1. The topological polar surface area (TPSA) is 53.1 Å². The molecule has 0 radical (unpaired) electrons. The van der Waals surface area contributed by atoms with Crippen molar-refractivity contribution in [1.82, 2.24) is 4.98 Å². The van der Waals surface area contributed by atoms with Gasteiger partial charge >= 0.3 is 0 Å². The zero-order valence-electron chi connectivity index (χ0n) is 10.5. The lowest BCUT2D eigenvalue weighted by atomic mass is 10.0. The summed E-state index contributed by atoms with van der Waals surface area (Å²) in [4.78, 5) is 14.7. The number of phenols is 1. The summed E-state index contributed by atoms with van der Waals surface area (Å²) in [7, 11) is 0. The fourth-order valence-corrected chi connectivity index (χ4v) is 2.36. The predicted molar refractivity (Wildman–Crippen MR) is 75.4 cm³/mol. The number of aromatic nitrogens is 1. The molecular formula is C16H13NO2. The molecule has 94 valence electrons. The van der Waals surface area contributed by atoms with E-state index in [1.54, 1.807) is 31.3 Å². The molecule has 0 aliphatic rings. The van der Waals surface area contributed by atoms with Gasteiger partial charge in [0.2, 0.25) is 0 Å². The van der Waals surface area contributed by atoms with Gasteiger partial charge in [0, 0.05) is 22.7 Å². The van der Waals surface area contributed by atoms with Gasteiger partial charge in [0.05, 0.1) is 5.52 Å². The van der Waals surface area contributed by atoms with Crippen molar-refractivity contribution in [2.45, 2.75) is 6.92 Å². The third kappa shape index (κ3) is 1.89. The minimum atomic E-state index is 0.0410. The fraction of sp³-hybridized carbons (Fsp3) is 0.0625. The third-order valence-corrected chi connectivity index (χ3v) is 3.25. The second-order valence-electron chi connectivity index (χ2n) is 4.54. The lowest BCUT2D eigenvalue weighted by molar-refractivity contribution is 0.101. The maximum Gasteiger partial charge on any atom is 0.161 e. The summed E-state index contributed by atoms with van der Waals surface area (Å²) in [6.45, 7) is 1.56. The number of aromatic hydroxyl groups is 1. The molecule has 0 fully saturated rings. The van der Waals surface area contributed by atoms with Crippen LogP contribution in [0.1, 0.15) is 17.3 Å². The second-order valence-corrected chi connectivity index (χ2v) is 4.54. The number of H-pyrrole nitrogens is 1. The molecule has 0 atom stereocenters. The lowest BCUT2D eigenvalue weighted by Gasteiger charge is -2.04. The fourth-order valence-electron chi connectivity index (χ4n) is 2.36. The highest BCUT2D eigenvalue weighted by atomic mass is 16.3. The molecule has 0 aliphatic heterocycles. The minimum Gasteiger partial charge on any atom is -0.508 e. The standard InChI is InChI=1S/C16H13NO2/c1-10(18)15-9-17-16-13(6-3-7-14(15)16)11-4-2-5-12(19)8-11/h2-9,17,19H,1H3. The number of carbonyl (C=O) groups is 1. The summed E-state index contributed by atoms with van der Waals surface area (Å²) in [6, 6.07) is 12.9. The van der Waals surface area contributed by atoms with Crippen LogP contribution in [0.3, 0.4) is 0 Å². The highest BCUT2D eigenvalue weighted by Gasteiger charge is 2.11. The molecule has 19 heavy (non-hydrogen) atoms. The average molecular weight is 251 g/mol. The number of phenolic OH excluding ortho intramolecular Hbond substituents is 1. The van der Waals surface area contributed by atoms with Crippen LogP contribution in [-0.4, -0.2) is 15.9 Å². The molecule has 0 aliphatic carbocycles. The number of ketones is 1. The molecule has 0 unspecified atom stereocenters. The van der Waals surface area contributed by atoms with Gasteiger partial charge in [-0.15, -0.1) is 0 Å². The highest BCUT2D eigenvalue weighted by Crippen LogP contribution is 2.31. The molecule has 2 N–H and O–H groups in total. The largest absolute Gasteiger partial charge is 0.508 e. The number of aromatic amines is 1. The van der Waals surface area contributed by atoms with Crippen LogP contribution in [-0.2, 0) is 0 Å². The van der Waals surface area contributed by atoms with Crippen molar-refractivity contribution < 1.29 is 9.90 Å². The Morgan fingerprint density at radius 2 is 1.95 bits per heavy atom. The van der Waals surface area contributed by atoms with Crippen LogP contribution < -0.4 is 0 Å². The number of para-hydroxylation sites is 1. The number of Topliss-reactive ketones (excluding diaryl/α,β-unsaturated/α-hetero) is 1. The van der Waals surface area contributed by atoms with Gasteiger partial charge in [-0.3, -0.25) is 4.79 Å². The number of nitrogens with one attached hydrogen (secondary N) is 1. The Morgan fingerprint density at radius 1 is 1.16 bits per heavy atom. The third-order valence-electron chi connectivity index (χ3n) is 3.25. The normalized spacial score (nSPS) is 10.8. The molecule has 3 aromatic rings. The Morgan fingerprint density at radius 3 is 2.68 bits per heavy atom. The van der Waals surface area contributed by atoms with E-state index in [2.05, 4.69) is 4.98 Å². The van der Waals surface area contributed by atoms with Crippen molar-refractivity contribution in [2.24, 2.45) is 0 Å². The molecule has 0 saturated heterocycles. The summed E-state index contributed by atoms with van der Waals surface area (Å²) < 4.78 is 0. The van der Waals surface area contributed by atoms with E-state index in [0.717, 1.165) is 22.0 Å². The summed E-state index contributed by atoms with van der Waals surface area (Å²) in [5.41, 5.74) is 3.50. The number of rotatable bonds is 2. The average Bonchev–Trinajstić information content (AvgIpc) is 2.82. The molecule has 3 rings (SSSR count). The first-order chi connectivity index (χ1) is 9.16. The number of benzene rings is 2. The van der Waals surface area contributed by atoms with E-state index >= 15 is 0 Å². The molecule has 0 saturated carbocycles. The van der Waals surface area contributed by atoms with E-state index in [9.17, 15) is 9.90 Å². The smallest absolute Gasteiger partial charge is 0.161 e.